The zero-order valence-electron chi connectivity index (χ0n) is 10.7. The lowest BCUT2D eigenvalue weighted by Crippen LogP contribution is -2.16. The van der Waals surface area contributed by atoms with Crippen LogP contribution < -0.4 is 0 Å². The van der Waals surface area contributed by atoms with Gasteiger partial charge in [-0.25, -0.2) is 0 Å². The number of hydrogen-bond acceptors (Lipinski definition) is 1. The normalized spacial score (nSPS) is 11.9. The molecule has 0 atom stereocenters. The molecule has 1 aromatic heterocycles. The average molecular weight is 252 g/mol. The third kappa shape index (κ3) is 1.85. The second-order valence-electron chi connectivity index (χ2n) is 5.14. The van der Waals surface area contributed by atoms with Crippen molar-refractivity contribution in [3.8, 4) is 0 Å². The Morgan fingerprint density at radius 3 is 2.22 bits per heavy atom. The third-order valence-corrected chi connectivity index (χ3v) is 4.98. The minimum atomic E-state index is 0.0744. The number of rotatable bonds is 2. The molecule has 1 heteroatoms. The lowest BCUT2D eigenvalue weighted by Gasteiger charge is -2.23. The van der Waals surface area contributed by atoms with E-state index in [1.807, 2.05) is 11.3 Å². The molecule has 0 aliphatic carbocycles. The summed E-state index contributed by atoms with van der Waals surface area (Å²) in [6.45, 7) is 4.60. The molecule has 90 valence electrons. The first-order chi connectivity index (χ1) is 8.68. The fourth-order valence-corrected chi connectivity index (χ4v) is 3.47. The molecule has 0 fully saturated rings. The molecule has 0 N–H and O–H groups in total. The quantitative estimate of drug-likeness (QED) is 0.586. The Balaban J connectivity index is 2.13. The second-order valence-corrected chi connectivity index (χ2v) is 6.22. The predicted octanol–water partition coefficient (Wildman–Crippen LogP) is 5.23. The molecule has 0 unspecified atom stereocenters. The van der Waals surface area contributed by atoms with Gasteiger partial charge in [0.1, 0.15) is 0 Å². The SMILES string of the molecule is CC(C)(c1ccccc1)c1cc2ccccc2s1. The summed E-state index contributed by atoms with van der Waals surface area (Å²) in [7, 11) is 0. The van der Waals surface area contributed by atoms with Crippen LogP contribution in [0.3, 0.4) is 0 Å². The minimum Gasteiger partial charge on any atom is -0.139 e. The van der Waals surface area contributed by atoms with Gasteiger partial charge in [0.25, 0.3) is 0 Å². The summed E-state index contributed by atoms with van der Waals surface area (Å²) in [5, 5.41) is 1.35. The highest BCUT2D eigenvalue weighted by Crippen LogP contribution is 2.38. The summed E-state index contributed by atoms with van der Waals surface area (Å²) in [5.41, 5.74) is 1.45. The van der Waals surface area contributed by atoms with Crippen molar-refractivity contribution < 1.29 is 0 Å². The van der Waals surface area contributed by atoms with Crippen molar-refractivity contribution in [2.75, 3.05) is 0 Å². The van der Waals surface area contributed by atoms with Crippen LogP contribution in [0.25, 0.3) is 10.1 Å². The number of thiophene rings is 1. The largest absolute Gasteiger partial charge is 0.139 e. The molecule has 0 radical (unpaired) electrons. The Morgan fingerprint density at radius 2 is 1.50 bits per heavy atom. The van der Waals surface area contributed by atoms with Gasteiger partial charge in [0.2, 0.25) is 0 Å². The van der Waals surface area contributed by atoms with E-state index in [1.165, 1.54) is 20.5 Å². The van der Waals surface area contributed by atoms with Crippen molar-refractivity contribution in [3.05, 3.63) is 71.1 Å². The van der Waals surface area contributed by atoms with Crippen LogP contribution in [0.4, 0.5) is 0 Å². The van der Waals surface area contributed by atoms with Crippen molar-refractivity contribution in [1.82, 2.24) is 0 Å². The van der Waals surface area contributed by atoms with Crippen LogP contribution in [-0.4, -0.2) is 0 Å². The molecule has 0 saturated carbocycles. The number of fused-ring (bicyclic) bond motifs is 1. The van der Waals surface area contributed by atoms with Gasteiger partial charge < -0.3 is 0 Å². The third-order valence-electron chi connectivity index (χ3n) is 3.54. The highest BCUT2D eigenvalue weighted by molar-refractivity contribution is 7.19. The summed E-state index contributed by atoms with van der Waals surface area (Å²) in [4.78, 5) is 1.43. The van der Waals surface area contributed by atoms with Crippen molar-refractivity contribution in [2.45, 2.75) is 19.3 Å². The first-order valence-electron chi connectivity index (χ1n) is 6.22. The smallest absolute Gasteiger partial charge is 0.0345 e. The molecule has 2 aromatic carbocycles. The van der Waals surface area contributed by atoms with Crippen molar-refractivity contribution in [3.63, 3.8) is 0 Å². The Bertz CT molecular complexity index is 629. The fraction of sp³-hybridized carbons (Fsp3) is 0.176. The van der Waals surface area contributed by atoms with Gasteiger partial charge in [-0.2, -0.15) is 0 Å². The van der Waals surface area contributed by atoms with Gasteiger partial charge in [0.15, 0.2) is 0 Å². The van der Waals surface area contributed by atoms with Crippen molar-refractivity contribution in [1.29, 1.82) is 0 Å². The molecule has 0 spiro atoms. The van der Waals surface area contributed by atoms with Crippen molar-refractivity contribution >= 4 is 21.4 Å². The molecule has 0 aliphatic heterocycles. The highest BCUT2D eigenvalue weighted by atomic mass is 32.1. The van der Waals surface area contributed by atoms with E-state index < -0.39 is 0 Å². The molecule has 0 aliphatic rings. The summed E-state index contributed by atoms with van der Waals surface area (Å²) in [5.74, 6) is 0. The summed E-state index contributed by atoms with van der Waals surface area (Å²) in [6.07, 6.45) is 0. The molecule has 18 heavy (non-hydrogen) atoms. The summed E-state index contributed by atoms with van der Waals surface area (Å²) in [6, 6.07) is 21.7. The summed E-state index contributed by atoms with van der Waals surface area (Å²) >= 11 is 1.90. The maximum atomic E-state index is 2.33. The van der Waals surface area contributed by atoms with Crippen LogP contribution in [-0.2, 0) is 5.41 Å². The van der Waals surface area contributed by atoms with Gasteiger partial charge in [0.05, 0.1) is 0 Å². The minimum absolute atomic E-state index is 0.0744. The zero-order valence-corrected chi connectivity index (χ0v) is 11.5. The van der Waals surface area contributed by atoms with Crippen LogP contribution in [0.15, 0.2) is 60.7 Å². The van der Waals surface area contributed by atoms with Gasteiger partial charge in [-0.3, -0.25) is 0 Å². The van der Waals surface area contributed by atoms with E-state index in [4.69, 9.17) is 0 Å². The van der Waals surface area contributed by atoms with Gasteiger partial charge in [-0.1, -0.05) is 62.4 Å². The monoisotopic (exact) mass is 252 g/mol. The van der Waals surface area contributed by atoms with Gasteiger partial charge in [-0.15, -0.1) is 11.3 Å². The van der Waals surface area contributed by atoms with Gasteiger partial charge >= 0.3 is 0 Å². The van der Waals surface area contributed by atoms with E-state index in [0.29, 0.717) is 0 Å². The zero-order chi connectivity index (χ0) is 12.6. The van der Waals surface area contributed by atoms with Crippen LogP contribution in [0.2, 0.25) is 0 Å². The molecule has 0 nitrogen and oxygen atoms in total. The van der Waals surface area contributed by atoms with E-state index in [9.17, 15) is 0 Å². The van der Waals surface area contributed by atoms with Gasteiger partial charge in [0, 0.05) is 15.0 Å². The second kappa shape index (κ2) is 4.25. The molecule has 3 rings (SSSR count). The molecular formula is C17H16S. The Labute approximate surface area is 112 Å². The standard InChI is InChI=1S/C17H16S/c1-17(2,14-9-4-3-5-10-14)16-12-13-8-6-7-11-15(13)18-16/h3-12H,1-2H3. The average Bonchev–Trinajstić information content (AvgIpc) is 2.84. The van der Waals surface area contributed by atoms with Crippen LogP contribution in [0.5, 0.6) is 0 Å². The fourth-order valence-electron chi connectivity index (χ4n) is 2.29. The maximum absolute atomic E-state index is 2.33. The lowest BCUT2D eigenvalue weighted by molar-refractivity contribution is 0.656. The molecule has 3 aromatic rings. The van der Waals surface area contributed by atoms with Crippen LogP contribution in [0.1, 0.15) is 24.3 Å². The number of hydrogen-bond donors (Lipinski definition) is 0. The maximum Gasteiger partial charge on any atom is 0.0345 e. The first kappa shape index (κ1) is 11.5. The van der Waals surface area contributed by atoms with E-state index in [-0.39, 0.29) is 5.41 Å². The molecular weight excluding hydrogens is 236 g/mol. The van der Waals surface area contributed by atoms with E-state index >= 15 is 0 Å². The molecule has 0 amide bonds. The summed E-state index contributed by atoms with van der Waals surface area (Å²) < 4.78 is 1.37. The molecule has 0 bridgehead atoms. The lowest BCUT2D eigenvalue weighted by atomic mass is 9.83. The van der Waals surface area contributed by atoms with E-state index in [0.717, 1.165) is 0 Å². The number of benzene rings is 2. The Morgan fingerprint density at radius 1 is 0.833 bits per heavy atom. The van der Waals surface area contributed by atoms with Crippen molar-refractivity contribution in [2.24, 2.45) is 0 Å². The molecule has 0 saturated heterocycles. The first-order valence-corrected chi connectivity index (χ1v) is 7.04. The van der Waals surface area contributed by atoms with E-state index in [1.54, 1.807) is 0 Å². The van der Waals surface area contributed by atoms with Gasteiger partial charge in [-0.05, 0) is 23.1 Å². The predicted molar refractivity (Wildman–Crippen MR) is 80.4 cm³/mol. The van der Waals surface area contributed by atoms with Crippen LogP contribution in [0, 0.1) is 0 Å². The Kier molecular flexibility index (Phi) is 2.71. The topological polar surface area (TPSA) is 0 Å². The Hall–Kier alpha value is -1.60. The van der Waals surface area contributed by atoms with E-state index in [2.05, 4.69) is 74.5 Å². The highest BCUT2D eigenvalue weighted by Gasteiger charge is 2.24. The van der Waals surface area contributed by atoms with Crippen LogP contribution >= 0.6 is 11.3 Å². The molecule has 1 heterocycles.